The molecule has 0 aliphatic carbocycles. The van der Waals surface area contributed by atoms with Gasteiger partial charge in [0.2, 0.25) is 0 Å². The summed E-state index contributed by atoms with van der Waals surface area (Å²) in [6, 6.07) is 12.9. The Morgan fingerprint density at radius 3 is 2.41 bits per heavy atom. The van der Waals surface area contributed by atoms with E-state index in [4.69, 9.17) is 15.1 Å². The Kier molecular flexibility index (Phi) is 6.98. The highest BCUT2D eigenvalue weighted by Gasteiger charge is 2.54. The first-order valence-electron chi connectivity index (χ1n) is 15.3. The summed E-state index contributed by atoms with van der Waals surface area (Å²) in [6.45, 7) is 13.8. The average molecular weight is 611 g/mol. The quantitative estimate of drug-likeness (QED) is 0.330. The number of amides is 2. The topological polar surface area (TPSA) is 101 Å². The fourth-order valence-electron chi connectivity index (χ4n) is 6.77. The molecule has 1 aromatic carbocycles. The zero-order chi connectivity index (χ0) is 30.7. The summed E-state index contributed by atoms with van der Waals surface area (Å²) in [5.41, 5.74) is 5.73. The number of hydrogen-bond donors (Lipinski definition) is 0. The number of likely N-dealkylation sites (tertiary alicyclic amines) is 1. The molecular weight excluding hydrogens is 572 g/mol. The Bertz CT molecular complexity index is 1770. The van der Waals surface area contributed by atoms with Crippen LogP contribution in [0.25, 0.3) is 22.3 Å². The van der Waals surface area contributed by atoms with E-state index >= 15 is 0 Å². The minimum atomic E-state index is 0.165. The highest BCUT2D eigenvalue weighted by Crippen LogP contribution is 2.45. The molecule has 0 saturated carbocycles. The van der Waals surface area contributed by atoms with E-state index in [2.05, 4.69) is 35.9 Å². The van der Waals surface area contributed by atoms with Gasteiger partial charge >= 0.3 is 6.03 Å². The van der Waals surface area contributed by atoms with Crippen LogP contribution in [-0.2, 0) is 6.54 Å². The maximum absolute atomic E-state index is 13.0. The Labute approximate surface area is 261 Å². The molecule has 1 spiro atoms. The van der Waals surface area contributed by atoms with Crippen molar-refractivity contribution in [2.45, 2.75) is 27.3 Å². The Hall–Kier alpha value is -4.21. The molecule has 3 fully saturated rings. The van der Waals surface area contributed by atoms with Gasteiger partial charge in [0.1, 0.15) is 22.5 Å². The van der Waals surface area contributed by atoms with Crippen LogP contribution in [0.2, 0.25) is 0 Å². The van der Waals surface area contributed by atoms with Crippen molar-refractivity contribution in [2.24, 2.45) is 5.41 Å². The van der Waals surface area contributed by atoms with Crippen LogP contribution in [0.4, 0.5) is 21.4 Å². The minimum absolute atomic E-state index is 0.165. The Morgan fingerprint density at radius 2 is 1.75 bits per heavy atom. The van der Waals surface area contributed by atoms with E-state index in [1.54, 1.807) is 0 Å². The fourth-order valence-corrected chi connectivity index (χ4v) is 7.62. The molecule has 3 aromatic heterocycles. The molecule has 3 aliphatic rings. The van der Waals surface area contributed by atoms with Crippen LogP contribution in [0, 0.1) is 30.6 Å². The molecule has 4 aromatic rings. The highest BCUT2D eigenvalue weighted by atomic mass is 32.1. The number of nitriles is 1. The van der Waals surface area contributed by atoms with Crippen molar-refractivity contribution >= 4 is 45.0 Å². The van der Waals surface area contributed by atoms with Gasteiger partial charge in [-0.25, -0.2) is 19.4 Å². The zero-order valence-electron chi connectivity index (χ0n) is 26.0. The normalized spacial score (nSPS) is 18.0. The molecule has 44 heavy (non-hydrogen) atoms. The number of pyridine rings is 1. The van der Waals surface area contributed by atoms with Crippen LogP contribution in [0.5, 0.6) is 0 Å². The van der Waals surface area contributed by atoms with Crippen LogP contribution < -0.4 is 9.80 Å². The number of fused-ring (bicyclic) bond motifs is 1. The molecule has 0 N–H and O–H groups in total. The predicted octanol–water partition coefficient (Wildman–Crippen LogP) is 4.32. The number of aryl methyl sites for hydroxylation is 3. The summed E-state index contributed by atoms with van der Waals surface area (Å²) in [6.07, 6.45) is 0. The van der Waals surface area contributed by atoms with E-state index in [0.29, 0.717) is 22.8 Å². The number of aromatic nitrogens is 4. The Morgan fingerprint density at radius 1 is 1.05 bits per heavy atom. The molecule has 0 unspecified atom stereocenters. The second kappa shape index (κ2) is 10.7. The number of nitrogens with zero attached hydrogens (tertiary/aromatic N) is 10. The van der Waals surface area contributed by atoms with E-state index in [0.717, 1.165) is 85.6 Å². The molecular formula is C32H38N10OS. The lowest BCUT2D eigenvalue weighted by molar-refractivity contribution is -0.00762. The second-order valence-electron chi connectivity index (χ2n) is 12.6. The van der Waals surface area contributed by atoms with E-state index < -0.39 is 0 Å². The van der Waals surface area contributed by atoms with Gasteiger partial charge in [-0.3, -0.25) is 0 Å². The molecule has 6 heterocycles. The Balaban J connectivity index is 1.12. The molecule has 0 radical (unpaired) electrons. The number of benzene rings is 1. The summed E-state index contributed by atoms with van der Waals surface area (Å²) in [7, 11) is 4.10. The van der Waals surface area contributed by atoms with Gasteiger partial charge in [0, 0.05) is 76.9 Å². The number of anilines is 3. The smallest absolute Gasteiger partial charge is 0.320 e. The second-order valence-corrected chi connectivity index (χ2v) is 13.6. The maximum atomic E-state index is 13.0. The molecule has 12 heteroatoms. The van der Waals surface area contributed by atoms with E-state index in [9.17, 15) is 10.1 Å². The molecule has 0 bridgehead atoms. The first kappa shape index (κ1) is 28.6. The van der Waals surface area contributed by atoms with Crippen molar-refractivity contribution < 1.29 is 4.79 Å². The number of piperazine rings is 1. The van der Waals surface area contributed by atoms with Gasteiger partial charge in [-0.05, 0) is 33.9 Å². The van der Waals surface area contributed by atoms with Crippen molar-refractivity contribution in [3.05, 3.63) is 46.5 Å². The van der Waals surface area contributed by atoms with Crippen molar-refractivity contribution in [1.29, 1.82) is 5.26 Å². The number of carbonyl (C=O) groups is 1. The van der Waals surface area contributed by atoms with Gasteiger partial charge in [0.15, 0.2) is 10.8 Å². The van der Waals surface area contributed by atoms with Crippen molar-refractivity contribution in [3.8, 4) is 17.3 Å². The number of rotatable bonds is 5. The first-order valence-corrected chi connectivity index (χ1v) is 16.1. The molecule has 3 saturated heterocycles. The molecule has 7 rings (SSSR count). The number of carbonyl (C=O) groups excluding carboxylic acids is 1. The maximum Gasteiger partial charge on any atom is 0.320 e. The van der Waals surface area contributed by atoms with Gasteiger partial charge in [0.05, 0.1) is 16.8 Å². The summed E-state index contributed by atoms with van der Waals surface area (Å²) in [4.78, 5) is 34.2. The lowest BCUT2D eigenvalue weighted by atomic mass is 9.72. The lowest BCUT2D eigenvalue weighted by Crippen LogP contribution is -2.74. The number of urea groups is 1. The first-order chi connectivity index (χ1) is 21.2. The van der Waals surface area contributed by atoms with Gasteiger partial charge in [0.25, 0.3) is 0 Å². The van der Waals surface area contributed by atoms with Gasteiger partial charge in [-0.15, -0.1) is 0 Å². The standard InChI is InChI=1S/C32H38N10OS/c1-6-42-29(38(5)30-35-27(26(16-33)44-30)23-9-7-21(2)8-10-23)24-15-25(22(3)34-28(24)36-42)40-17-32(18-40)19-41(20-32)31(43)39-13-11-37(4)12-14-39/h7-10,15H,6,11-14,17-20H2,1-5H3. The highest BCUT2D eigenvalue weighted by molar-refractivity contribution is 7.16. The van der Waals surface area contributed by atoms with E-state index in [1.165, 1.54) is 16.9 Å². The van der Waals surface area contributed by atoms with Gasteiger partial charge < -0.3 is 24.5 Å². The van der Waals surface area contributed by atoms with E-state index in [-0.39, 0.29) is 11.4 Å². The summed E-state index contributed by atoms with van der Waals surface area (Å²) >= 11 is 1.39. The fraction of sp³-hybridized carbons (Fsp3) is 0.469. The summed E-state index contributed by atoms with van der Waals surface area (Å²) in [5.74, 6) is 0.910. The summed E-state index contributed by atoms with van der Waals surface area (Å²) in [5, 5.41) is 16.5. The van der Waals surface area contributed by atoms with E-state index in [1.807, 2.05) is 64.5 Å². The van der Waals surface area contributed by atoms with Crippen LogP contribution in [0.3, 0.4) is 0 Å². The van der Waals surface area contributed by atoms with Crippen LogP contribution >= 0.6 is 11.3 Å². The minimum Gasteiger partial charge on any atom is -0.369 e. The molecule has 0 atom stereocenters. The number of hydrogen-bond acceptors (Lipinski definition) is 9. The average Bonchev–Trinajstić information content (AvgIpc) is 3.57. The van der Waals surface area contributed by atoms with Crippen LogP contribution in [-0.4, -0.2) is 107 Å². The monoisotopic (exact) mass is 610 g/mol. The van der Waals surface area contributed by atoms with Crippen LogP contribution in [0.1, 0.15) is 23.1 Å². The van der Waals surface area contributed by atoms with Gasteiger partial charge in [-0.1, -0.05) is 41.2 Å². The predicted molar refractivity (Wildman–Crippen MR) is 174 cm³/mol. The third-order valence-corrected chi connectivity index (χ3v) is 10.3. The molecule has 3 aliphatic heterocycles. The van der Waals surface area contributed by atoms with Crippen molar-refractivity contribution in [3.63, 3.8) is 0 Å². The number of thiazole rings is 1. The molecule has 228 valence electrons. The molecule has 2 amide bonds. The van der Waals surface area contributed by atoms with Crippen molar-refractivity contribution in [2.75, 3.05) is 76.3 Å². The van der Waals surface area contributed by atoms with Gasteiger partial charge in [-0.2, -0.15) is 10.4 Å². The molecule has 11 nitrogen and oxygen atoms in total. The summed E-state index contributed by atoms with van der Waals surface area (Å²) < 4.78 is 1.96. The number of likely N-dealkylation sites (N-methyl/N-ethyl adjacent to an activating group) is 1. The van der Waals surface area contributed by atoms with Crippen LogP contribution in [0.15, 0.2) is 30.3 Å². The SMILES string of the molecule is CCn1nc2nc(C)c(N3CC4(CN(C(=O)N5CCN(C)CC5)C4)C3)cc2c1N(C)c1nc(-c2ccc(C)cc2)c(C#N)s1. The van der Waals surface area contributed by atoms with Crippen molar-refractivity contribution in [1.82, 2.24) is 34.4 Å². The largest absolute Gasteiger partial charge is 0.369 e. The lowest BCUT2D eigenvalue weighted by Gasteiger charge is -2.61. The zero-order valence-corrected chi connectivity index (χ0v) is 26.9. The third kappa shape index (κ3) is 4.75. The third-order valence-electron chi connectivity index (χ3n) is 9.30.